The zero-order chi connectivity index (χ0) is 13.8. The summed E-state index contributed by atoms with van der Waals surface area (Å²) in [7, 11) is 0. The molecule has 1 aromatic heterocycles. The number of aromatic nitrogens is 2. The Morgan fingerprint density at radius 2 is 1.84 bits per heavy atom. The van der Waals surface area contributed by atoms with Crippen molar-refractivity contribution in [1.29, 1.82) is 0 Å². The quantitative estimate of drug-likeness (QED) is 0.497. The van der Waals surface area contributed by atoms with E-state index in [1.165, 1.54) is 6.33 Å². The summed E-state index contributed by atoms with van der Waals surface area (Å²) in [6, 6.07) is 5.50. The van der Waals surface area contributed by atoms with E-state index in [0.29, 0.717) is 29.4 Å². The van der Waals surface area contributed by atoms with Crippen LogP contribution in [-0.2, 0) is 13.1 Å². The molecule has 1 aromatic carbocycles. The fourth-order valence-corrected chi connectivity index (χ4v) is 1.73. The van der Waals surface area contributed by atoms with Gasteiger partial charge in [0.1, 0.15) is 18.0 Å². The summed E-state index contributed by atoms with van der Waals surface area (Å²) in [6.07, 6.45) is 1.39. The fraction of sp³-hybridized carbons (Fsp3) is 0.167. The van der Waals surface area contributed by atoms with Gasteiger partial charge in [0, 0.05) is 24.5 Å². The number of benzene rings is 1. The molecule has 0 spiro atoms. The van der Waals surface area contributed by atoms with Crippen molar-refractivity contribution >= 4 is 23.0 Å². The van der Waals surface area contributed by atoms with Crippen molar-refractivity contribution < 1.29 is 0 Å². The maximum absolute atomic E-state index is 5.80. The highest BCUT2D eigenvalue weighted by molar-refractivity contribution is 5.66. The van der Waals surface area contributed by atoms with Gasteiger partial charge in [-0.2, -0.15) is 0 Å². The molecular weight excluding hydrogens is 242 g/mol. The Labute approximate surface area is 111 Å². The largest absolute Gasteiger partial charge is 0.398 e. The molecular formula is C12H17N7. The summed E-state index contributed by atoms with van der Waals surface area (Å²) < 4.78 is 0. The fourth-order valence-electron chi connectivity index (χ4n) is 1.73. The van der Waals surface area contributed by atoms with Crippen LogP contribution in [0.2, 0.25) is 0 Å². The molecule has 0 bridgehead atoms. The van der Waals surface area contributed by atoms with Crippen LogP contribution in [0.15, 0.2) is 24.5 Å². The van der Waals surface area contributed by atoms with Crippen LogP contribution in [0.25, 0.3) is 0 Å². The van der Waals surface area contributed by atoms with Gasteiger partial charge in [0.25, 0.3) is 0 Å². The normalized spacial score (nSPS) is 10.4. The van der Waals surface area contributed by atoms with E-state index >= 15 is 0 Å². The smallest absolute Gasteiger partial charge is 0.140 e. The van der Waals surface area contributed by atoms with Gasteiger partial charge in [-0.15, -0.1) is 0 Å². The Morgan fingerprint density at radius 3 is 2.53 bits per heavy atom. The number of hydrogen-bond acceptors (Lipinski definition) is 7. The molecule has 0 aliphatic rings. The maximum atomic E-state index is 5.80. The van der Waals surface area contributed by atoms with Crippen LogP contribution < -0.4 is 28.3 Å². The molecule has 0 amide bonds. The second-order valence-corrected chi connectivity index (χ2v) is 4.03. The molecule has 7 heteroatoms. The van der Waals surface area contributed by atoms with E-state index < -0.39 is 0 Å². The lowest BCUT2D eigenvalue weighted by Crippen LogP contribution is -2.09. The van der Waals surface area contributed by atoms with E-state index in [9.17, 15) is 0 Å². The van der Waals surface area contributed by atoms with Gasteiger partial charge in [-0.25, -0.2) is 9.97 Å². The third-order valence-corrected chi connectivity index (χ3v) is 2.81. The number of anilines is 4. The molecule has 1 heterocycles. The minimum Gasteiger partial charge on any atom is -0.398 e. The number of nitrogen functional groups attached to an aromatic ring is 2. The topological polar surface area (TPSA) is 142 Å². The second-order valence-electron chi connectivity index (χ2n) is 4.03. The first-order chi connectivity index (χ1) is 9.15. The molecule has 19 heavy (non-hydrogen) atoms. The minimum absolute atomic E-state index is 0.258. The van der Waals surface area contributed by atoms with Crippen LogP contribution in [0.5, 0.6) is 0 Å². The average molecular weight is 259 g/mol. The van der Waals surface area contributed by atoms with Gasteiger partial charge in [-0.3, -0.25) is 0 Å². The molecule has 0 saturated carbocycles. The Hall–Kier alpha value is -2.38. The highest BCUT2D eigenvalue weighted by Crippen LogP contribution is 2.23. The summed E-state index contributed by atoms with van der Waals surface area (Å²) in [5, 5.41) is 3.14. The first kappa shape index (κ1) is 13.1. The van der Waals surface area contributed by atoms with Gasteiger partial charge in [-0.05, 0) is 23.8 Å². The molecule has 100 valence electrons. The highest BCUT2D eigenvalue weighted by Gasteiger charge is 2.08. The molecule has 0 fully saturated rings. The Balaban J connectivity index is 2.33. The van der Waals surface area contributed by atoms with Crippen LogP contribution in [0, 0.1) is 0 Å². The summed E-state index contributed by atoms with van der Waals surface area (Å²) in [6.45, 7) is 0.630. The Bertz CT molecular complexity index is 582. The SMILES string of the molecule is NCc1cc(Nc2ncnc(N)c2CN)ccc1N. The van der Waals surface area contributed by atoms with Crippen LogP contribution in [0.4, 0.5) is 23.0 Å². The third-order valence-electron chi connectivity index (χ3n) is 2.81. The third kappa shape index (κ3) is 2.72. The minimum atomic E-state index is 0.258. The molecule has 0 radical (unpaired) electrons. The molecule has 7 nitrogen and oxygen atoms in total. The monoisotopic (exact) mass is 259 g/mol. The average Bonchev–Trinajstić information content (AvgIpc) is 2.41. The molecule has 2 aromatic rings. The van der Waals surface area contributed by atoms with E-state index in [1.807, 2.05) is 12.1 Å². The van der Waals surface area contributed by atoms with Gasteiger partial charge in [-0.1, -0.05) is 0 Å². The summed E-state index contributed by atoms with van der Waals surface area (Å²) >= 11 is 0. The number of nitrogens with one attached hydrogen (secondary N) is 1. The van der Waals surface area contributed by atoms with Gasteiger partial charge >= 0.3 is 0 Å². The molecule has 0 aliphatic heterocycles. The van der Waals surface area contributed by atoms with Crippen LogP contribution in [-0.4, -0.2) is 9.97 Å². The number of rotatable bonds is 4. The van der Waals surface area contributed by atoms with Crippen molar-refractivity contribution in [2.75, 3.05) is 16.8 Å². The van der Waals surface area contributed by atoms with Gasteiger partial charge in [0.05, 0.1) is 5.56 Å². The van der Waals surface area contributed by atoms with Gasteiger partial charge in [0.2, 0.25) is 0 Å². The number of nitrogens with zero attached hydrogens (tertiary/aromatic N) is 2. The number of nitrogens with two attached hydrogens (primary N) is 4. The predicted molar refractivity (Wildman–Crippen MR) is 76.4 cm³/mol. The Kier molecular flexibility index (Phi) is 3.79. The highest BCUT2D eigenvalue weighted by atomic mass is 15.0. The molecule has 2 rings (SSSR count). The van der Waals surface area contributed by atoms with Crippen molar-refractivity contribution in [3.63, 3.8) is 0 Å². The zero-order valence-corrected chi connectivity index (χ0v) is 10.4. The van der Waals surface area contributed by atoms with Crippen LogP contribution >= 0.6 is 0 Å². The molecule has 0 atom stereocenters. The van der Waals surface area contributed by atoms with E-state index in [2.05, 4.69) is 15.3 Å². The lowest BCUT2D eigenvalue weighted by Gasteiger charge is -2.12. The molecule has 0 unspecified atom stereocenters. The standard InChI is InChI=1S/C12H17N7/c13-4-7-3-8(1-2-10(7)15)19-12-9(5-14)11(16)17-6-18-12/h1-3,6H,4-5,13-15H2,(H3,16,17,18,19). The first-order valence-corrected chi connectivity index (χ1v) is 5.80. The Morgan fingerprint density at radius 1 is 1.05 bits per heavy atom. The van der Waals surface area contributed by atoms with Gasteiger partial charge in [0.15, 0.2) is 0 Å². The second kappa shape index (κ2) is 5.51. The van der Waals surface area contributed by atoms with Gasteiger partial charge < -0.3 is 28.3 Å². The van der Waals surface area contributed by atoms with Crippen LogP contribution in [0.3, 0.4) is 0 Å². The summed E-state index contributed by atoms with van der Waals surface area (Å²) in [5.41, 5.74) is 25.8. The van der Waals surface area contributed by atoms with E-state index in [1.54, 1.807) is 6.07 Å². The van der Waals surface area contributed by atoms with Crippen molar-refractivity contribution in [2.45, 2.75) is 13.1 Å². The molecule has 0 aliphatic carbocycles. The van der Waals surface area contributed by atoms with E-state index in [-0.39, 0.29) is 6.54 Å². The predicted octanol–water partition coefficient (Wildman–Crippen LogP) is 0.302. The molecule has 9 N–H and O–H groups in total. The zero-order valence-electron chi connectivity index (χ0n) is 10.4. The van der Waals surface area contributed by atoms with Crippen molar-refractivity contribution in [1.82, 2.24) is 9.97 Å². The first-order valence-electron chi connectivity index (χ1n) is 5.80. The lowest BCUT2D eigenvalue weighted by atomic mass is 10.1. The van der Waals surface area contributed by atoms with Crippen molar-refractivity contribution in [2.24, 2.45) is 11.5 Å². The molecule has 0 saturated heterocycles. The number of hydrogen-bond donors (Lipinski definition) is 5. The lowest BCUT2D eigenvalue weighted by molar-refractivity contribution is 1.02. The summed E-state index contributed by atoms with van der Waals surface area (Å²) in [5.74, 6) is 0.956. The van der Waals surface area contributed by atoms with Crippen LogP contribution in [0.1, 0.15) is 11.1 Å². The summed E-state index contributed by atoms with van der Waals surface area (Å²) in [4.78, 5) is 8.05. The van der Waals surface area contributed by atoms with Crippen molar-refractivity contribution in [3.05, 3.63) is 35.7 Å². The maximum Gasteiger partial charge on any atom is 0.140 e. The van der Waals surface area contributed by atoms with E-state index in [4.69, 9.17) is 22.9 Å². The van der Waals surface area contributed by atoms with Crippen molar-refractivity contribution in [3.8, 4) is 0 Å². The van der Waals surface area contributed by atoms with E-state index in [0.717, 1.165) is 11.3 Å².